The second-order valence-electron chi connectivity index (χ2n) is 5.32. The number of carbonyl (C=O) groups is 1. The normalized spacial score (nSPS) is 10.6. The van der Waals surface area contributed by atoms with E-state index in [1.54, 1.807) is 13.8 Å². The first kappa shape index (κ1) is 18.8. The van der Waals surface area contributed by atoms with Gasteiger partial charge in [0.15, 0.2) is 5.05 Å². The summed E-state index contributed by atoms with van der Waals surface area (Å²) in [4.78, 5) is 11.7. The predicted molar refractivity (Wildman–Crippen MR) is 92.0 cm³/mol. The fourth-order valence-corrected chi connectivity index (χ4v) is 2.10. The number of carbonyl (C=O) groups excluding carboxylic acids is 1. The highest BCUT2D eigenvalue weighted by Gasteiger charge is 2.14. The largest absolute Gasteiger partial charge is 0.487 e. The second kappa shape index (κ2) is 9.06. The van der Waals surface area contributed by atoms with E-state index in [0.717, 1.165) is 12.8 Å². The lowest BCUT2D eigenvalue weighted by Crippen LogP contribution is -2.19. The molecule has 1 amide bonds. The van der Waals surface area contributed by atoms with Gasteiger partial charge in [-0.15, -0.1) is 0 Å². The number of benzene rings is 1. The first-order valence-electron chi connectivity index (χ1n) is 7.29. The molecular formula is C16H21ClFNO2S. The Morgan fingerprint density at radius 1 is 1.45 bits per heavy atom. The smallest absolute Gasteiger partial charge is 0.227 e. The van der Waals surface area contributed by atoms with E-state index in [9.17, 15) is 9.18 Å². The molecule has 0 atom stereocenters. The SMILES string of the molecule is CCCCOC(=S)Cc1cc(NC(=O)C(C)C)c(F)cc1Cl. The second-order valence-corrected chi connectivity index (χ2v) is 6.18. The van der Waals surface area contributed by atoms with Crippen molar-refractivity contribution in [3.8, 4) is 0 Å². The van der Waals surface area contributed by atoms with Crippen molar-refractivity contribution in [1.29, 1.82) is 0 Å². The highest BCUT2D eigenvalue weighted by Crippen LogP contribution is 2.25. The lowest BCUT2D eigenvalue weighted by molar-refractivity contribution is -0.118. The molecule has 1 rings (SSSR count). The summed E-state index contributed by atoms with van der Waals surface area (Å²) in [5.74, 6) is -1.06. The number of nitrogens with one attached hydrogen (secondary N) is 1. The van der Waals surface area contributed by atoms with Crippen LogP contribution in [0, 0.1) is 11.7 Å². The average molecular weight is 346 g/mol. The predicted octanol–water partition coefficient (Wildman–Crippen LogP) is 4.76. The van der Waals surface area contributed by atoms with Crippen molar-refractivity contribution in [2.24, 2.45) is 5.92 Å². The van der Waals surface area contributed by atoms with Crippen LogP contribution in [-0.4, -0.2) is 17.6 Å². The van der Waals surface area contributed by atoms with E-state index in [1.807, 2.05) is 0 Å². The van der Waals surface area contributed by atoms with Crippen LogP contribution in [0.2, 0.25) is 5.02 Å². The Balaban J connectivity index is 2.82. The topological polar surface area (TPSA) is 38.3 Å². The van der Waals surface area contributed by atoms with E-state index in [-0.39, 0.29) is 22.5 Å². The molecule has 0 saturated carbocycles. The summed E-state index contributed by atoms with van der Waals surface area (Å²) in [7, 11) is 0. The molecule has 0 aromatic heterocycles. The maximum absolute atomic E-state index is 13.9. The zero-order valence-corrected chi connectivity index (χ0v) is 14.6. The maximum atomic E-state index is 13.9. The van der Waals surface area contributed by atoms with E-state index >= 15 is 0 Å². The van der Waals surface area contributed by atoms with Gasteiger partial charge < -0.3 is 10.1 Å². The summed E-state index contributed by atoms with van der Waals surface area (Å²) in [6.45, 7) is 6.10. The zero-order valence-electron chi connectivity index (χ0n) is 13.0. The molecule has 1 N–H and O–H groups in total. The third kappa shape index (κ3) is 5.89. The molecule has 6 heteroatoms. The van der Waals surface area contributed by atoms with Crippen LogP contribution in [0.4, 0.5) is 10.1 Å². The van der Waals surface area contributed by atoms with Gasteiger partial charge in [0.2, 0.25) is 5.91 Å². The molecular weight excluding hydrogens is 325 g/mol. The van der Waals surface area contributed by atoms with Crippen molar-refractivity contribution in [3.63, 3.8) is 0 Å². The molecule has 0 radical (unpaired) electrons. The molecule has 0 spiro atoms. The molecule has 0 saturated heterocycles. The quantitative estimate of drug-likeness (QED) is 0.572. The van der Waals surface area contributed by atoms with Crippen LogP contribution in [0.25, 0.3) is 0 Å². The zero-order chi connectivity index (χ0) is 16.7. The third-order valence-electron chi connectivity index (χ3n) is 3.01. The maximum Gasteiger partial charge on any atom is 0.227 e. The lowest BCUT2D eigenvalue weighted by Gasteiger charge is -2.13. The van der Waals surface area contributed by atoms with Crippen LogP contribution in [-0.2, 0) is 16.0 Å². The van der Waals surface area contributed by atoms with Crippen LogP contribution < -0.4 is 5.32 Å². The van der Waals surface area contributed by atoms with Crippen molar-refractivity contribution in [2.45, 2.75) is 40.0 Å². The summed E-state index contributed by atoms with van der Waals surface area (Å²) < 4.78 is 19.3. The Kier molecular flexibility index (Phi) is 7.76. The Morgan fingerprint density at radius 3 is 2.73 bits per heavy atom. The van der Waals surface area contributed by atoms with Gasteiger partial charge in [0.1, 0.15) is 5.82 Å². The van der Waals surface area contributed by atoms with Gasteiger partial charge in [-0.2, -0.15) is 0 Å². The minimum atomic E-state index is -0.569. The van der Waals surface area contributed by atoms with Crippen molar-refractivity contribution in [1.82, 2.24) is 0 Å². The first-order valence-corrected chi connectivity index (χ1v) is 8.08. The molecule has 0 aliphatic heterocycles. The minimum absolute atomic E-state index is 0.106. The molecule has 0 aliphatic rings. The summed E-state index contributed by atoms with van der Waals surface area (Å²) >= 11 is 11.2. The van der Waals surface area contributed by atoms with E-state index in [0.29, 0.717) is 23.6 Å². The van der Waals surface area contributed by atoms with Crippen molar-refractivity contribution < 1.29 is 13.9 Å². The molecule has 0 fully saturated rings. The van der Waals surface area contributed by atoms with Crippen LogP contribution in [0.15, 0.2) is 12.1 Å². The minimum Gasteiger partial charge on any atom is -0.487 e. The number of thiocarbonyl (C=S) groups is 1. The Hall–Kier alpha value is -1.20. The number of unbranched alkanes of at least 4 members (excludes halogenated alkanes) is 1. The number of rotatable bonds is 7. The Labute approximate surface area is 141 Å². The molecule has 3 nitrogen and oxygen atoms in total. The number of anilines is 1. The molecule has 1 aromatic carbocycles. The van der Waals surface area contributed by atoms with E-state index in [1.165, 1.54) is 12.1 Å². The van der Waals surface area contributed by atoms with E-state index < -0.39 is 5.82 Å². The van der Waals surface area contributed by atoms with Gasteiger partial charge >= 0.3 is 0 Å². The highest BCUT2D eigenvalue weighted by atomic mass is 35.5. The molecule has 1 aromatic rings. The standard InChI is InChI=1S/C16H21ClFNO2S/c1-4-5-6-21-15(22)8-11-7-14(13(18)9-12(11)17)19-16(20)10(2)3/h7,9-10H,4-6,8H2,1-3H3,(H,19,20). The van der Waals surface area contributed by atoms with E-state index in [2.05, 4.69) is 12.2 Å². The number of amides is 1. The number of hydrogen-bond acceptors (Lipinski definition) is 3. The van der Waals surface area contributed by atoms with Crippen LogP contribution >= 0.6 is 23.8 Å². The third-order valence-corrected chi connectivity index (χ3v) is 3.63. The van der Waals surface area contributed by atoms with Gasteiger partial charge in [-0.1, -0.05) is 38.8 Å². The molecule has 0 bridgehead atoms. The van der Waals surface area contributed by atoms with Crippen molar-refractivity contribution in [3.05, 3.63) is 28.5 Å². The molecule has 22 heavy (non-hydrogen) atoms. The molecule has 0 heterocycles. The monoisotopic (exact) mass is 345 g/mol. The number of halogens is 2. The van der Waals surface area contributed by atoms with Gasteiger partial charge in [0.25, 0.3) is 0 Å². The van der Waals surface area contributed by atoms with Gasteiger partial charge in [-0.05, 0) is 36.3 Å². The molecule has 0 aliphatic carbocycles. The lowest BCUT2D eigenvalue weighted by atomic mass is 10.1. The average Bonchev–Trinajstić information content (AvgIpc) is 2.44. The molecule has 122 valence electrons. The highest BCUT2D eigenvalue weighted by molar-refractivity contribution is 7.80. The van der Waals surface area contributed by atoms with Crippen LogP contribution in [0.5, 0.6) is 0 Å². The number of ether oxygens (including phenoxy) is 1. The van der Waals surface area contributed by atoms with Gasteiger partial charge in [0.05, 0.1) is 12.3 Å². The first-order chi connectivity index (χ1) is 10.3. The summed E-state index contributed by atoms with van der Waals surface area (Å²) in [6, 6.07) is 2.69. The summed E-state index contributed by atoms with van der Waals surface area (Å²) in [6.07, 6.45) is 2.25. The Morgan fingerprint density at radius 2 is 2.14 bits per heavy atom. The van der Waals surface area contributed by atoms with Gasteiger partial charge in [-0.25, -0.2) is 4.39 Å². The van der Waals surface area contributed by atoms with Crippen LogP contribution in [0.3, 0.4) is 0 Å². The van der Waals surface area contributed by atoms with E-state index in [4.69, 9.17) is 28.6 Å². The fraction of sp³-hybridized carbons (Fsp3) is 0.500. The molecule has 0 unspecified atom stereocenters. The fourth-order valence-electron chi connectivity index (χ4n) is 1.64. The Bertz CT molecular complexity index is 549. The number of hydrogen-bond donors (Lipinski definition) is 1. The van der Waals surface area contributed by atoms with Crippen molar-refractivity contribution >= 4 is 40.5 Å². The van der Waals surface area contributed by atoms with Crippen LogP contribution in [0.1, 0.15) is 39.2 Å². The van der Waals surface area contributed by atoms with Gasteiger partial charge in [0, 0.05) is 17.4 Å². The van der Waals surface area contributed by atoms with Gasteiger partial charge in [-0.3, -0.25) is 4.79 Å². The van der Waals surface area contributed by atoms with Crippen molar-refractivity contribution in [2.75, 3.05) is 11.9 Å². The summed E-state index contributed by atoms with van der Waals surface area (Å²) in [5, 5.41) is 3.22. The summed E-state index contributed by atoms with van der Waals surface area (Å²) in [5.41, 5.74) is 0.734.